The Labute approximate surface area is 115 Å². The molecule has 1 atom stereocenters. The molecule has 1 aliphatic heterocycles. The summed E-state index contributed by atoms with van der Waals surface area (Å²) < 4.78 is 0. The van der Waals surface area contributed by atoms with E-state index in [9.17, 15) is 4.79 Å². The average molecular weight is 261 g/mol. The van der Waals surface area contributed by atoms with Crippen molar-refractivity contribution in [1.82, 2.24) is 10.2 Å². The molecule has 1 heterocycles. The molecule has 0 saturated carbocycles. The van der Waals surface area contributed by atoms with Gasteiger partial charge in [0.25, 0.3) is 5.91 Å². The Bertz CT molecular complexity index is 410. The van der Waals surface area contributed by atoms with Crippen LogP contribution >= 0.6 is 0 Å². The van der Waals surface area contributed by atoms with E-state index in [4.69, 9.17) is 5.73 Å². The van der Waals surface area contributed by atoms with Crippen LogP contribution in [0.15, 0.2) is 24.3 Å². The lowest BCUT2D eigenvalue weighted by atomic mass is 10.1. The summed E-state index contributed by atoms with van der Waals surface area (Å²) >= 11 is 0. The summed E-state index contributed by atoms with van der Waals surface area (Å²) in [7, 11) is 0. The molecule has 1 fully saturated rings. The molecule has 1 saturated heterocycles. The first-order chi connectivity index (χ1) is 9.26. The Morgan fingerprint density at radius 2 is 2.16 bits per heavy atom. The van der Waals surface area contributed by atoms with E-state index < -0.39 is 0 Å². The highest BCUT2D eigenvalue weighted by Gasteiger charge is 2.26. The Morgan fingerprint density at radius 1 is 1.42 bits per heavy atom. The first kappa shape index (κ1) is 14.0. The lowest BCUT2D eigenvalue weighted by Gasteiger charge is -2.28. The second kappa shape index (κ2) is 6.68. The van der Waals surface area contributed by atoms with E-state index in [1.165, 1.54) is 0 Å². The number of nitrogens with two attached hydrogens (primary N) is 1. The van der Waals surface area contributed by atoms with Crippen LogP contribution in [-0.2, 0) is 6.54 Å². The molecule has 1 unspecified atom stereocenters. The molecule has 19 heavy (non-hydrogen) atoms. The van der Waals surface area contributed by atoms with Gasteiger partial charge in [0.2, 0.25) is 0 Å². The fraction of sp³-hybridized carbons (Fsp3) is 0.533. The molecule has 1 aromatic carbocycles. The number of carbonyl (C=O) groups is 1. The van der Waals surface area contributed by atoms with E-state index in [1.54, 1.807) is 0 Å². The number of hydrogen-bond donors (Lipinski definition) is 2. The van der Waals surface area contributed by atoms with Crippen LogP contribution in [0.25, 0.3) is 0 Å². The molecule has 4 heteroatoms. The second-order valence-corrected chi connectivity index (χ2v) is 5.05. The van der Waals surface area contributed by atoms with Crippen molar-refractivity contribution in [2.75, 3.05) is 19.6 Å². The number of carbonyl (C=O) groups excluding carboxylic acids is 1. The molecule has 0 aliphatic carbocycles. The minimum absolute atomic E-state index is 0.138. The zero-order valence-electron chi connectivity index (χ0n) is 11.6. The summed E-state index contributed by atoms with van der Waals surface area (Å²) in [5.41, 5.74) is 7.40. The van der Waals surface area contributed by atoms with E-state index in [0.29, 0.717) is 12.6 Å². The van der Waals surface area contributed by atoms with Crippen LogP contribution in [0.3, 0.4) is 0 Å². The number of benzene rings is 1. The summed E-state index contributed by atoms with van der Waals surface area (Å²) in [6, 6.07) is 7.97. The molecule has 0 radical (unpaired) electrons. The van der Waals surface area contributed by atoms with E-state index in [0.717, 1.165) is 43.6 Å². The maximum Gasteiger partial charge on any atom is 0.254 e. The van der Waals surface area contributed by atoms with Gasteiger partial charge in [-0.15, -0.1) is 0 Å². The molecule has 0 bridgehead atoms. The molecule has 1 amide bonds. The van der Waals surface area contributed by atoms with Crippen molar-refractivity contribution < 1.29 is 4.79 Å². The topological polar surface area (TPSA) is 58.4 Å². The quantitative estimate of drug-likeness (QED) is 0.841. The molecule has 2 rings (SSSR count). The van der Waals surface area contributed by atoms with Crippen molar-refractivity contribution in [2.45, 2.75) is 32.4 Å². The minimum Gasteiger partial charge on any atom is -0.334 e. The lowest BCUT2D eigenvalue weighted by Crippen LogP contribution is -2.42. The Kier molecular flexibility index (Phi) is 4.93. The molecule has 4 nitrogen and oxygen atoms in total. The van der Waals surface area contributed by atoms with Gasteiger partial charge in [-0.05, 0) is 37.1 Å². The fourth-order valence-electron chi connectivity index (χ4n) is 2.55. The van der Waals surface area contributed by atoms with Gasteiger partial charge in [0.15, 0.2) is 0 Å². The van der Waals surface area contributed by atoms with E-state index >= 15 is 0 Å². The predicted octanol–water partition coefficient (Wildman–Crippen LogP) is 1.36. The lowest BCUT2D eigenvalue weighted by molar-refractivity contribution is 0.0692. The normalized spacial score (nSPS) is 18.5. The Hall–Kier alpha value is -1.39. The van der Waals surface area contributed by atoms with Crippen molar-refractivity contribution in [3.63, 3.8) is 0 Å². The Balaban J connectivity index is 2.12. The number of hydrogen-bond acceptors (Lipinski definition) is 3. The van der Waals surface area contributed by atoms with Gasteiger partial charge in [0.05, 0.1) is 0 Å². The highest BCUT2D eigenvalue weighted by Crippen LogP contribution is 2.14. The van der Waals surface area contributed by atoms with Gasteiger partial charge in [0, 0.05) is 31.2 Å². The average Bonchev–Trinajstić information content (AvgIpc) is 2.98. The number of rotatable bonds is 5. The monoisotopic (exact) mass is 261 g/mol. The summed E-state index contributed by atoms with van der Waals surface area (Å²) in [5.74, 6) is 0.138. The van der Waals surface area contributed by atoms with Crippen LogP contribution < -0.4 is 11.1 Å². The summed E-state index contributed by atoms with van der Waals surface area (Å²) in [5, 5.41) is 3.33. The first-order valence-electron chi connectivity index (χ1n) is 7.07. The van der Waals surface area contributed by atoms with Gasteiger partial charge >= 0.3 is 0 Å². The van der Waals surface area contributed by atoms with Crippen LogP contribution in [-0.4, -0.2) is 36.5 Å². The first-order valence-corrected chi connectivity index (χ1v) is 7.07. The maximum absolute atomic E-state index is 12.6. The zero-order valence-corrected chi connectivity index (χ0v) is 11.6. The van der Waals surface area contributed by atoms with Crippen molar-refractivity contribution >= 4 is 5.91 Å². The fourth-order valence-corrected chi connectivity index (χ4v) is 2.55. The Morgan fingerprint density at radius 3 is 2.68 bits per heavy atom. The van der Waals surface area contributed by atoms with Crippen LogP contribution in [0, 0.1) is 0 Å². The molecule has 0 aromatic heterocycles. The third-order valence-corrected chi connectivity index (χ3v) is 3.64. The maximum atomic E-state index is 12.6. The van der Waals surface area contributed by atoms with Crippen molar-refractivity contribution in [3.05, 3.63) is 35.4 Å². The van der Waals surface area contributed by atoms with Crippen molar-refractivity contribution in [3.8, 4) is 0 Å². The van der Waals surface area contributed by atoms with Crippen LogP contribution in [0.4, 0.5) is 0 Å². The van der Waals surface area contributed by atoms with Crippen molar-refractivity contribution in [2.24, 2.45) is 5.73 Å². The van der Waals surface area contributed by atoms with E-state index in [2.05, 4.69) is 12.2 Å². The number of amides is 1. The van der Waals surface area contributed by atoms with Gasteiger partial charge < -0.3 is 16.0 Å². The molecular formula is C15H23N3O. The highest BCUT2D eigenvalue weighted by atomic mass is 16.2. The minimum atomic E-state index is 0.138. The molecule has 3 N–H and O–H groups in total. The largest absolute Gasteiger partial charge is 0.334 e. The SMILES string of the molecule is CCCN(C(=O)c1ccc(CN)cc1)C1CCNC1. The van der Waals surface area contributed by atoms with Gasteiger partial charge in [-0.1, -0.05) is 19.1 Å². The summed E-state index contributed by atoms with van der Waals surface area (Å²) in [6.07, 6.45) is 2.04. The van der Waals surface area contributed by atoms with Crippen LogP contribution in [0.2, 0.25) is 0 Å². The molecule has 1 aliphatic rings. The predicted molar refractivity (Wildman–Crippen MR) is 76.9 cm³/mol. The standard InChI is InChI=1S/C15H23N3O/c1-2-9-18(14-7-8-17-11-14)15(19)13-5-3-12(10-16)4-6-13/h3-6,14,17H,2,7-11,16H2,1H3. The van der Waals surface area contributed by atoms with Crippen molar-refractivity contribution in [1.29, 1.82) is 0 Å². The van der Waals surface area contributed by atoms with Gasteiger partial charge in [0.1, 0.15) is 0 Å². The third-order valence-electron chi connectivity index (χ3n) is 3.64. The molecule has 0 spiro atoms. The number of nitrogens with zero attached hydrogens (tertiary/aromatic N) is 1. The van der Waals surface area contributed by atoms with Gasteiger partial charge in [-0.2, -0.15) is 0 Å². The highest BCUT2D eigenvalue weighted by molar-refractivity contribution is 5.94. The summed E-state index contributed by atoms with van der Waals surface area (Å²) in [6.45, 7) is 5.36. The second-order valence-electron chi connectivity index (χ2n) is 5.05. The molecule has 104 valence electrons. The molecular weight excluding hydrogens is 238 g/mol. The third kappa shape index (κ3) is 3.33. The van der Waals surface area contributed by atoms with E-state index in [1.807, 2.05) is 29.2 Å². The summed E-state index contributed by atoms with van der Waals surface area (Å²) in [4.78, 5) is 14.6. The van der Waals surface area contributed by atoms with Crippen LogP contribution in [0.5, 0.6) is 0 Å². The van der Waals surface area contributed by atoms with E-state index in [-0.39, 0.29) is 5.91 Å². The van der Waals surface area contributed by atoms with Crippen LogP contribution in [0.1, 0.15) is 35.7 Å². The molecule has 1 aromatic rings. The number of nitrogens with one attached hydrogen (secondary N) is 1. The van der Waals surface area contributed by atoms with Gasteiger partial charge in [-0.3, -0.25) is 4.79 Å². The smallest absolute Gasteiger partial charge is 0.254 e. The van der Waals surface area contributed by atoms with Gasteiger partial charge in [-0.25, -0.2) is 0 Å². The zero-order chi connectivity index (χ0) is 13.7.